The second-order valence-electron chi connectivity index (χ2n) is 5.08. The van der Waals surface area contributed by atoms with E-state index in [0.29, 0.717) is 0 Å². The molecule has 0 saturated heterocycles. The number of hydrogen-bond acceptors (Lipinski definition) is 0. The molecule has 1 aromatic carbocycles. The summed E-state index contributed by atoms with van der Waals surface area (Å²) < 4.78 is 0. The zero-order valence-electron chi connectivity index (χ0n) is 10.2. The summed E-state index contributed by atoms with van der Waals surface area (Å²) in [6.07, 6.45) is 2.24. The Morgan fingerprint density at radius 1 is 1.27 bits per heavy atom. The van der Waals surface area contributed by atoms with Crippen LogP contribution in [0.25, 0.3) is 6.08 Å². The minimum absolute atomic E-state index is 0.228. The smallest absolute Gasteiger partial charge is 0.0409 e. The fraction of sp³-hybridized carbons (Fsp3) is 0.429. The van der Waals surface area contributed by atoms with E-state index in [-0.39, 0.29) is 5.41 Å². The van der Waals surface area contributed by atoms with Gasteiger partial charge in [0.2, 0.25) is 0 Å². The fourth-order valence-corrected chi connectivity index (χ4v) is 1.48. The Morgan fingerprint density at radius 2 is 1.87 bits per heavy atom. The molecule has 0 heterocycles. The standard InChI is InChI=1S/C14H19Cl/c1-10-8-13(15)7-6-12(10)9-11(2)14(3,4)5/h6-9H,1-5H3/b11-9+. The van der Waals surface area contributed by atoms with Gasteiger partial charge in [0.05, 0.1) is 0 Å². The zero-order chi connectivity index (χ0) is 11.6. The maximum absolute atomic E-state index is 5.92. The molecule has 15 heavy (non-hydrogen) atoms. The Morgan fingerprint density at radius 3 is 2.33 bits per heavy atom. The minimum Gasteiger partial charge on any atom is -0.0843 e. The number of benzene rings is 1. The van der Waals surface area contributed by atoms with Crippen LogP contribution in [0.15, 0.2) is 23.8 Å². The predicted octanol–water partition coefficient (Wildman–Crippen LogP) is 5.10. The van der Waals surface area contributed by atoms with Gasteiger partial charge in [0.1, 0.15) is 0 Å². The lowest BCUT2D eigenvalue weighted by Gasteiger charge is -2.19. The number of halogens is 1. The molecule has 0 aliphatic rings. The van der Waals surface area contributed by atoms with E-state index in [9.17, 15) is 0 Å². The average Bonchev–Trinajstić information content (AvgIpc) is 2.08. The maximum Gasteiger partial charge on any atom is 0.0409 e. The van der Waals surface area contributed by atoms with Crippen molar-refractivity contribution in [3.05, 3.63) is 39.9 Å². The second kappa shape index (κ2) is 4.40. The third-order valence-electron chi connectivity index (χ3n) is 2.79. The Balaban J connectivity index is 3.09. The lowest BCUT2D eigenvalue weighted by molar-refractivity contribution is 0.508. The van der Waals surface area contributed by atoms with Crippen LogP contribution >= 0.6 is 11.6 Å². The molecule has 1 heteroatoms. The molecule has 0 aromatic heterocycles. The maximum atomic E-state index is 5.92. The average molecular weight is 223 g/mol. The van der Waals surface area contributed by atoms with Crippen LogP contribution < -0.4 is 0 Å². The summed E-state index contributed by atoms with van der Waals surface area (Å²) in [7, 11) is 0. The molecule has 1 aromatic rings. The molecule has 0 N–H and O–H groups in total. The fourth-order valence-electron chi connectivity index (χ4n) is 1.25. The van der Waals surface area contributed by atoms with Gasteiger partial charge in [0, 0.05) is 5.02 Å². The molecule has 1 rings (SSSR count). The summed E-state index contributed by atoms with van der Waals surface area (Å²) >= 11 is 5.92. The van der Waals surface area contributed by atoms with Gasteiger partial charge in [-0.3, -0.25) is 0 Å². The molecule has 0 aliphatic carbocycles. The summed E-state index contributed by atoms with van der Waals surface area (Å²) in [5, 5.41) is 0.804. The van der Waals surface area contributed by atoms with E-state index in [1.165, 1.54) is 16.7 Å². The van der Waals surface area contributed by atoms with Gasteiger partial charge >= 0.3 is 0 Å². The lowest BCUT2D eigenvalue weighted by atomic mass is 9.86. The Kier molecular flexibility index (Phi) is 3.62. The largest absolute Gasteiger partial charge is 0.0843 e. The first-order chi connectivity index (χ1) is 6.80. The predicted molar refractivity (Wildman–Crippen MR) is 69.3 cm³/mol. The third kappa shape index (κ3) is 3.39. The number of hydrogen-bond donors (Lipinski definition) is 0. The van der Waals surface area contributed by atoms with Crippen molar-refractivity contribution in [2.45, 2.75) is 34.6 Å². The molecule has 0 nitrogen and oxygen atoms in total. The van der Waals surface area contributed by atoms with E-state index in [0.717, 1.165) is 5.02 Å². The normalized spacial score (nSPS) is 13.1. The monoisotopic (exact) mass is 222 g/mol. The van der Waals surface area contributed by atoms with E-state index in [2.05, 4.69) is 46.8 Å². The minimum atomic E-state index is 0.228. The topological polar surface area (TPSA) is 0 Å². The van der Waals surface area contributed by atoms with Crippen molar-refractivity contribution in [3.63, 3.8) is 0 Å². The first-order valence-corrected chi connectivity index (χ1v) is 5.63. The first kappa shape index (κ1) is 12.3. The Bertz CT molecular complexity index is 381. The van der Waals surface area contributed by atoms with Crippen LogP contribution in [-0.2, 0) is 0 Å². The van der Waals surface area contributed by atoms with E-state index in [4.69, 9.17) is 11.6 Å². The number of rotatable bonds is 1. The van der Waals surface area contributed by atoms with E-state index < -0.39 is 0 Å². The Hall–Kier alpha value is -0.750. The molecular formula is C14H19Cl. The van der Waals surface area contributed by atoms with Crippen molar-refractivity contribution >= 4 is 17.7 Å². The van der Waals surface area contributed by atoms with Gasteiger partial charge in [0.25, 0.3) is 0 Å². The van der Waals surface area contributed by atoms with Crippen LogP contribution in [0.5, 0.6) is 0 Å². The zero-order valence-corrected chi connectivity index (χ0v) is 10.9. The van der Waals surface area contributed by atoms with E-state index >= 15 is 0 Å². The first-order valence-electron chi connectivity index (χ1n) is 5.25. The summed E-state index contributed by atoms with van der Waals surface area (Å²) in [6.45, 7) is 10.9. The summed E-state index contributed by atoms with van der Waals surface area (Å²) in [5.41, 5.74) is 4.09. The molecule has 0 bridgehead atoms. The summed E-state index contributed by atoms with van der Waals surface area (Å²) in [4.78, 5) is 0. The quantitative estimate of drug-likeness (QED) is 0.620. The van der Waals surface area contributed by atoms with Gasteiger partial charge < -0.3 is 0 Å². The van der Waals surface area contributed by atoms with Crippen molar-refractivity contribution in [3.8, 4) is 0 Å². The highest BCUT2D eigenvalue weighted by Crippen LogP contribution is 2.27. The summed E-state index contributed by atoms with van der Waals surface area (Å²) in [5.74, 6) is 0. The number of aryl methyl sites for hydroxylation is 1. The summed E-state index contributed by atoms with van der Waals surface area (Å²) in [6, 6.07) is 6.02. The molecule has 0 atom stereocenters. The van der Waals surface area contributed by atoms with Crippen LogP contribution in [0.1, 0.15) is 38.8 Å². The van der Waals surface area contributed by atoms with Crippen LogP contribution in [-0.4, -0.2) is 0 Å². The lowest BCUT2D eigenvalue weighted by Crippen LogP contribution is -2.06. The van der Waals surface area contributed by atoms with Crippen LogP contribution in [0.3, 0.4) is 0 Å². The molecule has 0 spiro atoms. The van der Waals surface area contributed by atoms with Gasteiger partial charge in [-0.15, -0.1) is 0 Å². The molecule has 0 amide bonds. The van der Waals surface area contributed by atoms with E-state index in [1.54, 1.807) is 0 Å². The number of allylic oxidation sites excluding steroid dienone is 1. The molecule has 0 aliphatic heterocycles. The molecule has 82 valence electrons. The highest BCUT2D eigenvalue weighted by Gasteiger charge is 2.12. The molecule has 0 saturated carbocycles. The molecule has 0 radical (unpaired) electrons. The van der Waals surface area contributed by atoms with Crippen molar-refractivity contribution in [2.24, 2.45) is 5.41 Å². The molecular weight excluding hydrogens is 204 g/mol. The Labute approximate surface area is 98.0 Å². The van der Waals surface area contributed by atoms with Crippen molar-refractivity contribution < 1.29 is 0 Å². The van der Waals surface area contributed by atoms with Gasteiger partial charge in [-0.25, -0.2) is 0 Å². The SMILES string of the molecule is C/C(=C\c1ccc(Cl)cc1C)C(C)(C)C. The third-order valence-corrected chi connectivity index (χ3v) is 3.02. The highest BCUT2D eigenvalue weighted by molar-refractivity contribution is 6.30. The van der Waals surface area contributed by atoms with Crippen molar-refractivity contribution in [1.29, 1.82) is 0 Å². The van der Waals surface area contributed by atoms with Gasteiger partial charge in [-0.05, 0) is 42.5 Å². The van der Waals surface area contributed by atoms with Gasteiger partial charge in [-0.1, -0.05) is 50.1 Å². The van der Waals surface area contributed by atoms with Crippen LogP contribution in [0, 0.1) is 12.3 Å². The van der Waals surface area contributed by atoms with Crippen LogP contribution in [0.4, 0.5) is 0 Å². The van der Waals surface area contributed by atoms with Crippen molar-refractivity contribution in [2.75, 3.05) is 0 Å². The van der Waals surface area contributed by atoms with Crippen molar-refractivity contribution in [1.82, 2.24) is 0 Å². The van der Waals surface area contributed by atoms with Gasteiger partial charge in [-0.2, -0.15) is 0 Å². The second-order valence-corrected chi connectivity index (χ2v) is 5.51. The molecule has 0 fully saturated rings. The van der Waals surface area contributed by atoms with E-state index in [1.807, 2.05) is 12.1 Å². The highest BCUT2D eigenvalue weighted by atomic mass is 35.5. The van der Waals surface area contributed by atoms with Crippen LogP contribution in [0.2, 0.25) is 5.02 Å². The molecule has 0 unspecified atom stereocenters. The van der Waals surface area contributed by atoms with Gasteiger partial charge in [0.15, 0.2) is 0 Å².